The van der Waals surface area contributed by atoms with Crippen LogP contribution in [0.5, 0.6) is 11.5 Å². The lowest BCUT2D eigenvalue weighted by atomic mass is 10.0. The monoisotopic (exact) mass is 1170 g/mol. The minimum absolute atomic E-state index is 0.0672. The molecule has 81 heavy (non-hydrogen) atoms. The number of halogens is 7. The van der Waals surface area contributed by atoms with Gasteiger partial charge in [-0.25, -0.2) is 26.3 Å². The van der Waals surface area contributed by atoms with Gasteiger partial charge in [0, 0.05) is 22.2 Å². The summed E-state index contributed by atoms with van der Waals surface area (Å²) in [5, 5.41) is 23.0. The van der Waals surface area contributed by atoms with E-state index in [1.165, 1.54) is 42.5 Å². The van der Waals surface area contributed by atoms with Gasteiger partial charge in [-0.1, -0.05) is 157 Å². The van der Waals surface area contributed by atoms with E-state index in [4.69, 9.17) is 9.47 Å². The molecule has 8 nitrogen and oxygen atoms in total. The summed E-state index contributed by atoms with van der Waals surface area (Å²) >= 11 is 3.27. The minimum Gasteiger partial charge on any atom is -0.494 e. The quantitative estimate of drug-likeness (QED) is 0.0296. The molecule has 0 fully saturated rings. The highest BCUT2D eigenvalue weighted by atomic mass is 79.9. The molecule has 0 heterocycles. The van der Waals surface area contributed by atoms with Crippen LogP contribution < -0.4 is 9.47 Å². The highest BCUT2D eigenvalue weighted by Crippen LogP contribution is 2.35. The van der Waals surface area contributed by atoms with Gasteiger partial charge in [-0.2, -0.15) is 0 Å². The third-order valence-electron chi connectivity index (χ3n) is 12.0. The Morgan fingerprint density at radius 3 is 1.26 bits per heavy atom. The van der Waals surface area contributed by atoms with Gasteiger partial charge >= 0.3 is 0 Å². The Labute approximate surface area is 479 Å². The third kappa shape index (κ3) is 19.8. The van der Waals surface area contributed by atoms with Crippen molar-refractivity contribution in [3.63, 3.8) is 0 Å². The van der Waals surface area contributed by atoms with Crippen molar-refractivity contribution in [3.05, 3.63) is 234 Å². The van der Waals surface area contributed by atoms with Crippen LogP contribution in [-0.2, 0) is 6.42 Å². The molecule has 0 saturated heterocycles. The molecule has 0 unspecified atom stereocenters. The van der Waals surface area contributed by atoms with E-state index in [1.54, 1.807) is 66.7 Å². The second-order valence-corrected chi connectivity index (χ2v) is 18.3. The molecule has 0 spiro atoms. The Bertz CT molecular complexity index is 3380. The first-order valence-electron chi connectivity index (χ1n) is 26.8. The van der Waals surface area contributed by atoms with Gasteiger partial charge in [0.05, 0.1) is 39.8 Å². The second-order valence-electron chi connectivity index (χ2n) is 17.4. The summed E-state index contributed by atoms with van der Waals surface area (Å²) < 4.78 is 92.8. The Hall–Kier alpha value is -8.22. The van der Waals surface area contributed by atoms with E-state index in [9.17, 15) is 46.6 Å². The first-order chi connectivity index (χ1) is 39.1. The summed E-state index contributed by atoms with van der Waals surface area (Å²) in [6, 6.07) is 39.9. The Morgan fingerprint density at radius 2 is 0.840 bits per heavy atom. The van der Waals surface area contributed by atoms with Gasteiger partial charge < -0.3 is 9.47 Å². The van der Waals surface area contributed by atoms with Crippen molar-refractivity contribution in [2.24, 2.45) is 0 Å². The Kier molecular flexibility index (Phi) is 27.4. The van der Waals surface area contributed by atoms with Crippen LogP contribution in [-0.4, -0.2) is 23.1 Å². The van der Waals surface area contributed by atoms with Crippen molar-refractivity contribution in [1.82, 2.24) is 0 Å². The fourth-order valence-electron chi connectivity index (χ4n) is 7.75. The molecule has 0 aliphatic carbocycles. The first kappa shape index (κ1) is 65.3. The number of rotatable bonds is 17. The van der Waals surface area contributed by atoms with E-state index in [0.717, 1.165) is 74.1 Å². The average molecular weight is 1180 g/mol. The van der Waals surface area contributed by atoms with Crippen LogP contribution in [0.2, 0.25) is 0 Å². The topological polar surface area (TPSA) is 105 Å². The van der Waals surface area contributed by atoms with Crippen molar-refractivity contribution in [1.29, 1.82) is 0 Å². The van der Waals surface area contributed by atoms with Crippen molar-refractivity contribution in [2.75, 3.05) is 13.2 Å². The van der Waals surface area contributed by atoms with Gasteiger partial charge in [0.1, 0.15) is 23.1 Å². The first-order valence-corrected chi connectivity index (χ1v) is 27.6. The number of unbranched alkanes of at least 4 members (excludes halogenated alkanes) is 4. The van der Waals surface area contributed by atoms with E-state index in [-0.39, 0.29) is 27.7 Å². The lowest BCUT2D eigenvalue weighted by Crippen LogP contribution is -1.97. The summed E-state index contributed by atoms with van der Waals surface area (Å²) in [5.74, 6) is 2.14. The number of benzene rings is 8. The molecule has 8 aromatic carbocycles. The summed E-state index contributed by atoms with van der Waals surface area (Å²) in [5.41, 5.74) is 5.18. The number of nitrogens with zero attached hydrogens (tertiary/aromatic N) is 2. The van der Waals surface area contributed by atoms with Crippen LogP contribution in [0.4, 0.5) is 37.7 Å². The van der Waals surface area contributed by atoms with Crippen LogP contribution in [0.25, 0.3) is 44.5 Å². The minimum atomic E-state index is -1.02. The molecule has 0 radical (unpaired) electrons. The molecule has 8 rings (SSSR count). The van der Waals surface area contributed by atoms with Gasteiger partial charge in [-0.05, 0) is 149 Å². The Morgan fingerprint density at radius 1 is 0.432 bits per heavy atom. The Balaban J connectivity index is 0.000000277. The van der Waals surface area contributed by atoms with Crippen molar-refractivity contribution in [3.8, 4) is 67.8 Å². The zero-order chi connectivity index (χ0) is 59.4. The molecule has 0 aliphatic heterocycles. The molecule has 0 amide bonds. The lowest BCUT2D eigenvalue weighted by Gasteiger charge is -2.08. The van der Waals surface area contributed by atoms with Gasteiger partial charge in [0.2, 0.25) is 0 Å². The van der Waals surface area contributed by atoms with Crippen LogP contribution in [0.1, 0.15) is 104 Å². The molecule has 424 valence electrons. The lowest BCUT2D eigenvalue weighted by molar-refractivity contribution is -0.384. The number of hydrogen-bond acceptors (Lipinski definition) is 6. The number of nitro groups is 2. The zero-order valence-corrected chi connectivity index (χ0v) is 48.0. The standard InChI is InChI=1S/C31H24F3NO3.C17H18BrNO3.C14H11F3.2C2H6/c1-2-3-4-17-38-26-13-10-22(11-14-26)27-15-6-21(18-31(27)35(36)37)5-7-23-8-9-24(19-29(23)33)25-12-16-28(32)30(34)20-25;1-2-3-4-11-22-15-8-5-13(6-9-15)16-10-7-14(18)12-17(16)19(20)21;1-2-9-3-4-10(7-13(9)16)11-5-6-12(15)14(17)8-11;2*1-2/h6,8-16,18-20H,2-4,17H2,1H3;5-10,12H,2-4,11H2,1H3;3-8H,2H2,1H3;2*1-2H3. The largest absolute Gasteiger partial charge is 0.494 e. The van der Waals surface area contributed by atoms with Crippen molar-refractivity contribution >= 4 is 27.3 Å². The van der Waals surface area contributed by atoms with Crippen molar-refractivity contribution < 1.29 is 45.7 Å². The summed E-state index contributed by atoms with van der Waals surface area (Å²) in [6.45, 7) is 15.4. The second kappa shape index (κ2) is 34.0. The van der Waals surface area contributed by atoms with Crippen molar-refractivity contribution in [2.45, 2.75) is 93.4 Å². The highest BCUT2D eigenvalue weighted by molar-refractivity contribution is 9.10. The molecule has 8 aromatic rings. The fraction of sp³-hybridized carbons (Fsp3) is 0.242. The summed E-state index contributed by atoms with van der Waals surface area (Å²) in [6.07, 6.45) is 7.12. The van der Waals surface area contributed by atoms with Gasteiger partial charge in [-0.15, -0.1) is 0 Å². The molecule has 0 saturated carbocycles. The van der Waals surface area contributed by atoms with Gasteiger partial charge in [0.15, 0.2) is 23.3 Å². The number of ether oxygens (including phenoxy) is 2. The van der Waals surface area contributed by atoms with E-state index in [2.05, 4.69) is 41.6 Å². The molecule has 0 aromatic heterocycles. The van der Waals surface area contributed by atoms with Crippen LogP contribution >= 0.6 is 15.9 Å². The van der Waals surface area contributed by atoms with E-state index < -0.39 is 34.0 Å². The molecule has 0 atom stereocenters. The van der Waals surface area contributed by atoms with E-state index in [1.807, 2.05) is 58.9 Å². The summed E-state index contributed by atoms with van der Waals surface area (Å²) in [4.78, 5) is 22.1. The maximum Gasteiger partial charge on any atom is 0.278 e. The predicted molar refractivity (Wildman–Crippen MR) is 316 cm³/mol. The average Bonchev–Trinajstić information content (AvgIpc) is 3.52. The summed E-state index contributed by atoms with van der Waals surface area (Å²) in [7, 11) is 0. The zero-order valence-electron chi connectivity index (χ0n) is 46.4. The van der Waals surface area contributed by atoms with Crippen LogP contribution in [0, 0.1) is 67.0 Å². The molecule has 15 heteroatoms. The fourth-order valence-corrected chi connectivity index (χ4v) is 8.10. The maximum absolute atomic E-state index is 14.7. The molecule has 0 N–H and O–H groups in total. The van der Waals surface area contributed by atoms with Gasteiger partial charge in [0.25, 0.3) is 11.4 Å². The van der Waals surface area contributed by atoms with Crippen LogP contribution in [0.3, 0.4) is 0 Å². The van der Waals surface area contributed by atoms with E-state index in [0.29, 0.717) is 79.9 Å². The smallest absolute Gasteiger partial charge is 0.278 e. The molecular weight excluding hydrogens is 1110 g/mol. The SMILES string of the molecule is CC.CC.CCCCCOc1ccc(-c2ccc(Br)cc2[N+](=O)[O-])cc1.CCCCCOc1ccc(-c2ccc(C#Cc3ccc(-c4ccc(F)c(F)c4)cc3F)cc2[N+](=O)[O-])cc1.CCc1ccc(-c2ccc(F)c(F)c2)cc1F. The maximum atomic E-state index is 14.7. The third-order valence-corrected chi connectivity index (χ3v) is 12.5. The normalized spacial score (nSPS) is 10.1. The van der Waals surface area contributed by atoms with Crippen LogP contribution in [0.15, 0.2) is 162 Å². The molecular formula is C66H65BrF6N2O6. The van der Waals surface area contributed by atoms with Gasteiger partial charge in [-0.3, -0.25) is 20.2 Å². The highest BCUT2D eigenvalue weighted by Gasteiger charge is 2.18. The predicted octanol–water partition coefficient (Wildman–Crippen LogP) is 20.3. The number of nitro benzene ring substituents is 2. The molecule has 0 aliphatic rings. The molecule has 0 bridgehead atoms. The van der Waals surface area contributed by atoms with E-state index >= 15 is 0 Å². The number of hydrogen-bond donors (Lipinski definition) is 0. The number of aryl methyl sites for hydroxylation is 1.